The number of carbonyl (C=O) groups excluding carboxylic acids is 1. The van der Waals surface area contributed by atoms with E-state index in [0.717, 1.165) is 29.5 Å². The molecule has 0 heterocycles. The smallest absolute Gasteiger partial charge is 0.251 e. The highest BCUT2D eigenvalue weighted by Crippen LogP contribution is 2.22. The van der Waals surface area contributed by atoms with E-state index < -0.39 is 0 Å². The number of aliphatic imine (C=N–C) groups is 1. The summed E-state index contributed by atoms with van der Waals surface area (Å²) in [4.78, 5) is 15.9. The predicted octanol–water partition coefficient (Wildman–Crippen LogP) is 3.63. The van der Waals surface area contributed by atoms with Crippen LogP contribution in [0.5, 0.6) is 0 Å². The van der Waals surface area contributed by atoms with E-state index in [1.54, 1.807) is 14.1 Å². The van der Waals surface area contributed by atoms with Crippen molar-refractivity contribution in [3.05, 3.63) is 70.2 Å². The Labute approximate surface area is 172 Å². The summed E-state index contributed by atoms with van der Waals surface area (Å²) in [6.45, 7) is 5.83. The first-order valence-corrected chi connectivity index (χ1v) is 9.71. The highest BCUT2D eigenvalue weighted by atomic mass is 35.5. The van der Waals surface area contributed by atoms with Crippen molar-refractivity contribution in [2.75, 3.05) is 20.6 Å². The van der Waals surface area contributed by atoms with E-state index >= 15 is 0 Å². The summed E-state index contributed by atoms with van der Waals surface area (Å²) >= 11 is 6.09. The Hall–Kier alpha value is -2.53. The van der Waals surface area contributed by atoms with Crippen molar-refractivity contribution in [1.29, 1.82) is 0 Å². The van der Waals surface area contributed by atoms with E-state index in [0.29, 0.717) is 12.1 Å². The zero-order valence-corrected chi connectivity index (χ0v) is 17.7. The lowest BCUT2D eigenvalue weighted by Crippen LogP contribution is -2.42. The standard InChI is InChI=1S/C22H29ClN4O/c1-22(2,13-17-6-5-7-19(23)12-17)15-27-21(25-4)26-14-16-8-10-18(11-9-16)20(28)24-3/h5-12H,13-15H2,1-4H3,(H,24,28)(H2,25,26,27). The average Bonchev–Trinajstić information content (AvgIpc) is 2.67. The highest BCUT2D eigenvalue weighted by Gasteiger charge is 2.19. The van der Waals surface area contributed by atoms with Crippen LogP contribution in [0.4, 0.5) is 0 Å². The largest absolute Gasteiger partial charge is 0.356 e. The maximum absolute atomic E-state index is 11.6. The summed E-state index contributed by atoms with van der Waals surface area (Å²) in [5, 5.41) is 10.1. The molecule has 150 valence electrons. The Morgan fingerprint density at radius 2 is 1.79 bits per heavy atom. The number of nitrogens with one attached hydrogen (secondary N) is 3. The molecule has 1 amide bonds. The van der Waals surface area contributed by atoms with Crippen LogP contribution in [-0.4, -0.2) is 32.5 Å². The van der Waals surface area contributed by atoms with Crippen molar-refractivity contribution in [1.82, 2.24) is 16.0 Å². The number of carbonyl (C=O) groups is 1. The molecule has 0 spiro atoms. The number of rotatable bonds is 7. The second kappa shape index (κ2) is 10.1. The summed E-state index contributed by atoms with van der Waals surface area (Å²) < 4.78 is 0. The van der Waals surface area contributed by atoms with Crippen molar-refractivity contribution in [3.63, 3.8) is 0 Å². The van der Waals surface area contributed by atoms with Gasteiger partial charge in [-0.05, 0) is 47.2 Å². The Balaban J connectivity index is 1.85. The molecule has 0 bridgehead atoms. The van der Waals surface area contributed by atoms with Gasteiger partial charge < -0.3 is 16.0 Å². The van der Waals surface area contributed by atoms with Crippen molar-refractivity contribution in [3.8, 4) is 0 Å². The SMILES string of the molecule is CN=C(NCc1ccc(C(=O)NC)cc1)NCC(C)(C)Cc1cccc(Cl)c1. The first kappa shape index (κ1) is 21.8. The molecule has 28 heavy (non-hydrogen) atoms. The first-order chi connectivity index (χ1) is 13.3. The van der Waals surface area contributed by atoms with Gasteiger partial charge in [-0.15, -0.1) is 0 Å². The molecule has 0 atom stereocenters. The molecule has 0 radical (unpaired) electrons. The van der Waals surface area contributed by atoms with Gasteiger partial charge in [-0.3, -0.25) is 9.79 Å². The minimum Gasteiger partial charge on any atom is -0.356 e. The molecule has 0 aliphatic heterocycles. The maximum Gasteiger partial charge on any atom is 0.251 e. The zero-order valence-electron chi connectivity index (χ0n) is 17.0. The van der Waals surface area contributed by atoms with Crippen molar-refractivity contribution < 1.29 is 4.79 Å². The van der Waals surface area contributed by atoms with Crippen LogP contribution < -0.4 is 16.0 Å². The fourth-order valence-electron chi connectivity index (χ4n) is 2.91. The van der Waals surface area contributed by atoms with Gasteiger partial charge in [-0.2, -0.15) is 0 Å². The van der Waals surface area contributed by atoms with Gasteiger partial charge in [0, 0.05) is 37.8 Å². The second-order valence-corrected chi connectivity index (χ2v) is 7.96. The van der Waals surface area contributed by atoms with Crippen molar-refractivity contribution in [2.24, 2.45) is 10.4 Å². The number of benzene rings is 2. The van der Waals surface area contributed by atoms with E-state index in [9.17, 15) is 4.79 Å². The highest BCUT2D eigenvalue weighted by molar-refractivity contribution is 6.30. The monoisotopic (exact) mass is 400 g/mol. The van der Waals surface area contributed by atoms with Crippen LogP contribution in [0, 0.1) is 5.41 Å². The van der Waals surface area contributed by atoms with Gasteiger partial charge in [0.25, 0.3) is 5.91 Å². The van der Waals surface area contributed by atoms with Crippen LogP contribution in [0.25, 0.3) is 0 Å². The van der Waals surface area contributed by atoms with Gasteiger partial charge in [-0.25, -0.2) is 0 Å². The molecule has 0 aliphatic rings. The minimum absolute atomic E-state index is 0.0392. The van der Waals surface area contributed by atoms with Crippen LogP contribution in [0.2, 0.25) is 5.02 Å². The fraction of sp³-hybridized carbons (Fsp3) is 0.364. The molecule has 0 fully saturated rings. The molecule has 2 aromatic rings. The number of guanidine groups is 1. The van der Waals surface area contributed by atoms with Gasteiger partial charge >= 0.3 is 0 Å². The molecule has 0 unspecified atom stereocenters. The molecule has 5 nitrogen and oxygen atoms in total. The van der Waals surface area contributed by atoms with Crippen LogP contribution in [0.3, 0.4) is 0 Å². The average molecular weight is 401 g/mol. The fourth-order valence-corrected chi connectivity index (χ4v) is 3.12. The summed E-state index contributed by atoms with van der Waals surface area (Å²) in [7, 11) is 3.38. The normalized spacial score (nSPS) is 11.8. The molecule has 3 N–H and O–H groups in total. The Bertz CT molecular complexity index is 816. The number of hydrogen-bond acceptors (Lipinski definition) is 2. The molecular formula is C22H29ClN4O. The molecule has 2 aromatic carbocycles. The summed E-state index contributed by atoms with van der Waals surface area (Å²) in [6, 6.07) is 15.5. The van der Waals surface area contributed by atoms with Gasteiger partial charge in [0.2, 0.25) is 0 Å². The van der Waals surface area contributed by atoms with E-state index in [1.807, 2.05) is 42.5 Å². The van der Waals surface area contributed by atoms with Crippen LogP contribution in [-0.2, 0) is 13.0 Å². The molecule has 2 rings (SSSR count). The lowest BCUT2D eigenvalue weighted by molar-refractivity contribution is 0.0963. The van der Waals surface area contributed by atoms with Crippen molar-refractivity contribution in [2.45, 2.75) is 26.8 Å². The Morgan fingerprint density at radius 3 is 2.39 bits per heavy atom. The van der Waals surface area contributed by atoms with E-state index in [2.05, 4.69) is 40.9 Å². The van der Waals surface area contributed by atoms with Crippen LogP contribution in [0.1, 0.15) is 35.3 Å². The quantitative estimate of drug-likeness (QED) is 0.491. The third kappa shape index (κ3) is 6.89. The van der Waals surface area contributed by atoms with Gasteiger partial charge in [0.15, 0.2) is 5.96 Å². The first-order valence-electron chi connectivity index (χ1n) is 9.33. The number of nitrogens with zero attached hydrogens (tertiary/aromatic N) is 1. The van der Waals surface area contributed by atoms with Crippen LogP contribution >= 0.6 is 11.6 Å². The van der Waals surface area contributed by atoms with Crippen LogP contribution in [0.15, 0.2) is 53.5 Å². The maximum atomic E-state index is 11.6. The third-order valence-electron chi connectivity index (χ3n) is 4.43. The Morgan fingerprint density at radius 1 is 1.07 bits per heavy atom. The molecular weight excluding hydrogens is 372 g/mol. The number of hydrogen-bond donors (Lipinski definition) is 3. The molecule has 0 aliphatic carbocycles. The lowest BCUT2D eigenvalue weighted by atomic mass is 9.86. The molecule has 6 heteroatoms. The summed E-state index contributed by atoms with van der Waals surface area (Å²) in [5.41, 5.74) is 2.99. The lowest BCUT2D eigenvalue weighted by Gasteiger charge is -2.26. The summed E-state index contributed by atoms with van der Waals surface area (Å²) in [5.74, 6) is 0.661. The summed E-state index contributed by atoms with van der Waals surface area (Å²) in [6.07, 6.45) is 0.915. The zero-order chi connectivity index (χ0) is 20.6. The van der Waals surface area contributed by atoms with Gasteiger partial charge in [0.05, 0.1) is 0 Å². The van der Waals surface area contributed by atoms with Crippen molar-refractivity contribution >= 4 is 23.5 Å². The molecule has 0 saturated heterocycles. The van der Waals surface area contributed by atoms with E-state index in [1.165, 1.54) is 5.56 Å². The third-order valence-corrected chi connectivity index (χ3v) is 4.67. The minimum atomic E-state index is -0.0843. The predicted molar refractivity (Wildman–Crippen MR) is 117 cm³/mol. The van der Waals surface area contributed by atoms with Gasteiger partial charge in [0.1, 0.15) is 0 Å². The molecule has 0 aromatic heterocycles. The molecule has 0 saturated carbocycles. The van der Waals surface area contributed by atoms with Gasteiger partial charge in [-0.1, -0.05) is 49.7 Å². The second-order valence-electron chi connectivity index (χ2n) is 7.53. The number of halogens is 1. The topological polar surface area (TPSA) is 65.5 Å². The van der Waals surface area contributed by atoms with E-state index in [-0.39, 0.29) is 11.3 Å². The van der Waals surface area contributed by atoms with E-state index in [4.69, 9.17) is 11.6 Å². The Kier molecular flexibility index (Phi) is 7.88. The number of amides is 1.